The number of rotatable bonds is 5. The molecule has 0 unspecified atom stereocenters. The Morgan fingerprint density at radius 3 is 2.44 bits per heavy atom. The van der Waals surface area contributed by atoms with Crippen LogP contribution in [0.1, 0.15) is 46.5 Å². The maximum absolute atomic E-state index is 13.8. The number of aliphatic hydroxyl groups is 1. The van der Waals surface area contributed by atoms with Crippen molar-refractivity contribution in [3.8, 4) is 0 Å². The average Bonchev–Trinajstić information content (AvgIpc) is 3.18. The van der Waals surface area contributed by atoms with E-state index >= 15 is 0 Å². The molecular formula is C26H27FN4O3. The number of ether oxygens (including phenoxy) is 1. The van der Waals surface area contributed by atoms with Gasteiger partial charge >= 0.3 is 5.97 Å². The fourth-order valence-corrected chi connectivity index (χ4v) is 4.48. The van der Waals surface area contributed by atoms with Crippen molar-refractivity contribution in [2.75, 3.05) is 0 Å². The molecule has 7 nitrogen and oxygen atoms in total. The van der Waals surface area contributed by atoms with Gasteiger partial charge in [0.15, 0.2) is 5.82 Å². The molecule has 1 N–H and O–H groups in total. The van der Waals surface area contributed by atoms with E-state index in [-0.39, 0.29) is 12.2 Å². The van der Waals surface area contributed by atoms with E-state index in [1.54, 1.807) is 29.9 Å². The van der Waals surface area contributed by atoms with Crippen molar-refractivity contribution in [2.45, 2.75) is 45.8 Å². The number of carbonyl (C=O) groups excluding carboxylic acids is 1. The summed E-state index contributed by atoms with van der Waals surface area (Å²) >= 11 is 0. The average molecular weight is 463 g/mol. The summed E-state index contributed by atoms with van der Waals surface area (Å²) in [5.41, 5.74) is 6.53. The largest absolute Gasteiger partial charge is 0.458 e. The maximum atomic E-state index is 13.8. The number of aryl methyl sites for hydroxylation is 4. The topological polar surface area (TPSA) is 90.1 Å². The molecule has 2 aromatic carbocycles. The van der Waals surface area contributed by atoms with Crippen molar-refractivity contribution in [3.05, 3.63) is 88.0 Å². The number of esters is 1. The molecule has 0 bridgehead atoms. The van der Waals surface area contributed by atoms with E-state index in [1.165, 1.54) is 12.1 Å². The first kappa shape index (κ1) is 23.5. The lowest BCUT2D eigenvalue weighted by molar-refractivity contribution is -0.156. The third kappa shape index (κ3) is 4.97. The molecule has 2 heterocycles. The summed E-state index contributed by atoms with van der Waals surface area (Å²) in [6.07, 6.45) is 2.52. The van der Waals surface area contributed by atoms with Crippen LogP contribution in [0.4, 0.5) is 4.39 Å². The summed E-state index contributed by atoms with van der Waals surface area (Å²) in [6, 6.07) is 10.5. The highest BCUT2D eigenvalue weighted by atomic mass is 19.1. The third-order valence-corrected chi connectivity index (χ3v) is 5.86. The minimum absolute atomic E-state index is 0.0111. The van der Waals surface area contributed by atoms with Crippen molar-refractivity contribution in [2.24, 2.45) is 7.05 Å². The zero-order chi connectivity index (χ0) is 24.4. The van der Waals surface area contributed by atoms with Crippen molar-refractivity contribution in [1.29, 1.82) is 0 Å². The monoisotopic (exact) mass is 462 g/mol. The lowest BCUT2D eigenvalue weighted by Crippen LogP contribution is -2.31. The first-order chi connectivity index (χ1) is 16.2. The fraction of sp³-hybridized carbons (Fsp3) is 0.308. The van der Waals surface area contributed by atoms with E-state index in [0.29, 0.717) is 17.8 Å². The van der Waals surface area contributed by atoms with E-state index < -0.39 is 18.2 Å². The Bertz CT molecular complexity index is 1250. The van der Waals surface area contributed by atoms with Gasteiger partial charge in [-0.1, -0.05) is 35.9 Å². The molecule has 4 rings (SSSR count). The van der Waals surface area contributed by atoms with Gasteiger partial charge in [0, 0.05) is 24.6 Å². The molecule has 1 aromatic heterocycles. The van der Waals surface area contributed by atoms with Crippen LogP contribution in [0.25, 0.3) is 11.1 Å². The highest BCUT2D eigenvalue weighted by Crippen LogP contribution is 2.36. The quantitative estimate of drug-likeness (QED) is 0.458. The van der Waals surface area contributed by atoms with Crippen LogP contribution in [0.2, 0.25) is 0 Å². The number of nitrogens with zero attached hydrogens (tertiary/aromatic N) is 4. The van der Waals surface area contributed by atoms with Gasteiger partial charge in [-0.3, -0.25) is 4.79 Å². The van der Waals surface area contributed by atoms with E-state index in [4.69, 9.17) is 4.74 Å². The predicted octanol–water partition coefficient (Wildman–Crippen LogP) is 3.86. The summed E-state index contributed by atoms with van der Waals surface area (Å²) in [4.78, 5) is 11.8. The number of hydrogen-bond acceptors (Lipinski definition) is 6. The molecule has 3 aromatic rings. The summed E-state index contributed by atoms with van der Waals surface area (Å²) in [5, 5.41) is 22.1. The molecule has 2 atom stereocenters. The van der Waals surface area contributed by atoms with Crippen molar-refractivity contribution in [3.63, 3.8) is 0 Å². The number of aliphatic hydroxyl groups excluding tert-OH is 1. The van der Waals surface area contributed by atoms with E-state index in [0.717, 1.165) is 33.4 Å². The van der Waals surface area contributed by atoms with Gasteiger partial charge in [-0.05, 0) is 71.7 Å². The summed E-state index contributed by atoms with van der Waals surface area (Å²) in [7, 11) is 1.74. The van der Waals surface area contributed by atoms with Crippen LogP contribution in [0.15, 0.2) is 48.6 Å². The molecule has 1 aliphatic heterocycles. The molecule has 1 aliphatic rings. The smallest absolute Gasteiger partial charge is 0.309 e. The lowest BCUT2D eigenvalue weighted by atomic mass is 9.86. The Balaban J connectivity index is 1.99. The van der Waals surface area contributed by atoms with Gasteiger partial charge in [-0.15, -0.1) is 5.10 Å². The Kier molecular flexibility index (Phi) is 6.70. The molecule has 34 heavy (non-hydrogen) atoms. The highest BCUT2D eigenvalue weighted by Gasteiger charge is 2.26. The minimum atomic E-state index is -0.752. The van der Waals surface area contributed by atoms with Crippen LogP contribution in [-0.2, 0) is 16.6 Å². The summed E-state index contributed by atoms with van der Waals surface area (Å²) in [6.45, 7) is 6.12. The van der Waals surface area contributed by atoms with Crippen LogP contribution in [0.5, 0.6) is 0 Å². The first-order valence-electron chi connectivity index (χ1n) is 11.1. The Labute approximate surface area is 197 Å². The van der Waals surface area contributed by atoms with Crippen LogP contribution < -0.4 is 0 Å². The molecule has 0 spiro atoms. The Morgan fingerprint density at radius 1 is 1.18 bits per heavy atom. The molecule has 0 saturated carbocycles. The number of aromatic nitrogens is 4. The number of cyclic esters (lactones) is 1. The molecule has 176 valence electrons. The second kappa shape index (κ2) is 9.69. The maximum Gasteiger partial charge on any atom is 0.309 e. The molecule has 8 heteroatoms. The fourth-order valence-electron chi connectivity index (χ4n) is 4.48. The third-order valence-electron chi connectivity index (χ3n) is 5.86. The van der Waals surface area contributed by atoms with E-state index in [1.807, 2.05) is 26.8 Å². The number of allylic oxidation sites excluding steroid dienone is 2. The Hall–Kier alpha value is -3.65. The van der Waals surface area contributed by atoms with Gasteiger partial charge < -0.3 is 9.84 Å². The zero-order valence-corrected chi connectivity index (χ0v) is 19.6. The standard InChI is InChI=1S/C26H27FN4O3/c1-15-11-16(2)24(17(3)12-15)25(18-5-7-19(27)8-6-18)22(26-28-29-30-31(26)4)10-9-21-13-20(32)14-23(33)34-21/h5-12,20-21,32H,13-14H2,1-4H3/b10-9+,25-22+/t20-,21-/m1/s1. The summed E-state index contributed by atoms with van der Waals surface area (Å²) in [5.74, 6) is -0.276. The summed E-state index contributed by atoms with van der Waals surface area (Å²) < 4.78 is 20.8. The van der Waals surface area contributed by atoms with Gasteiger partial charge in [-0.2, -0.15) is 0 Å². The van der Waals surface area contributed by atoms with Crippen molar-refractivity contribution >= 4 is 17.1 Å². The van der Waals surface area contributed by atoms with Gasteiger partial charge in [0.1, 0.15) is 11.9 Å². The molecule has 0 radical (unpaired) electrons. The molecule has 0 amide bonds. The highest BCUT2D eigenvalue weighted by molar-refractivity contribution is 6.02. The number of carbonyl (C=O) groups is 1. The van der Waals surface area contributed by atoms with Crippen LogP contribution >= 0.6 is 0 Å². The molecule has 1 saturated heterocycles. The SMILES string of the molecule is Cc1cc(C)c(/C(=C(\C=C\[C@@H]2C[C@@H](O)CC(=O)O2)c2nnnn2C)c2ccc(F)cc2)c(C)c1. The van der Waals surface area contributed by atoms with Crippen LogP contribution in [0.3, 0.4) is 0 Å². The van der Waals surface area contributed by atoms with E-state index in [2.05, 4.69) is 27.7 Å². The second-order valence-corrected chi connectivity index (χ2v) is 8.68. The van der Waals surface area contributed by atoms with Gasteiger partial charge in [-0.25, -0.2) is 9.07 Å². The van der Waals surface area contributed by atoms with E-state index in [9.17, 15) is 14.3 Å². The minimum Gasteiger partial charge on any atom is -0.458 e. The normalized spacial score (nSPS) is 19.3. The molecule has 1 fully saturated rings. The van der Waals surface area contributed by atoms with Gasteiger partial charge in [0.05, 0.1) is 12.5 Å². The number of hydrogen-bond donors (Lipinski definition) is 1. The molecule has 0 aliphatic carbocycles. The predicted molar refractivity (Wildman–Crippen MR) is 126 cm³/mol. The van der Waals surface area contributed by atoms with Crippen molar-refractivity contribution < 1.29 is 19.0 Å². The molecular weight excluding hydrogens is 435 g/mol. The van der Waals surface area contributed by atoms with Gasteiger partial charge in [0.25, 0.3) is 0 Å². The second-order valence-electron chi connectivity index (χ2n) is 8.68. The van der Waals surface area contributed by atoms with Crippen LogP contribution in [0, 0.1) is 26.6 Å². The number of halogens is 1. The zero-order valence-electron chi connectivity index (χ0n) is 19.6. The van der Waals surface area contributed by atoms with Gasteiger partial charge in [0.2, 0.25) is 0 Å². The lowest BCUT2D eigenvalue weighted by Gasteiger charge is -2.24. The van der Waals surface area contributed by atoms with Crippen molar-refractivity contribution in [1.82, 2.24) is 20.2 Å². The Morgan fingerprint density at radius 2 is 1.85 bits per heavy atom. The van der Waals surface area contributed by atoms with Crippen LogP contribution in [-0.4, -0.2) is 43.5 Å². The first-order valence-corrected chi connectivity index (χ1v) is 11.1. The number of tetrazole rings is 1. The number of benzene rings is 2.